The topological polar surface area (TPSA) is 78.2 Å². The molecule has 5 rings (SSSR count). The third-order valence-electron chi connectivity index (χ3n) is 4.98. The number of aromatic nitrogens is 4. The smallest absolute Gasteiger partial charge is 0.111 e. The molecule has 1 N–H and O–H groups in total. The summed E-state index contributed by atoms with van der Waals surface area (Å²) in [7, 11) is 0. The predicted octanol–water partition coefficient (Wildman–Crippen LogP) is 5.15. The summed E-state index contributed by atoms with van der Waals surface area (Å²) in [4.78, 5) is 17.3. The fourth-order valence-electron chi connectivity index (χ4n) is 3.58. The Labute approximate surface area is 173 Å². The third-order valence-corrected chi connectivity index (χ3v) is 4.98. The zero-order valence-electron chi connectivity index (χ0n) is 16.1. The van der Waals surface area contributed by atoms with E-state index in [-0.39, 0.29) is 0 Å². The molecular weight excluding hydrogens is 370 g/mol. The molecule has 0 atom stereocenters. The van der Waals surface area contributed by atoms with Crippen LogP contribution in [0.4, 0.5) is 0 Å². The summed E-state index contributed by atoms with van der Waals surface area (Å²) in [5, 5.41) is 10.2. The standard InChI is InChI=1S/C25H17N5/c26-16-18-6-3-5-17(13-18)14-23-29-24(25(30-23)22-8-1-2-11-28-22)20-9-10-21-19(15-20)7-4-12-27-21/h1-13,15H,14H2,(H,29,30). The molecule has 5 aromatic rings. The van der Waals surface area contributed by atoms with Crippen molar-refractivity contribution in [3.05, 3.63) is 102 Å². The average molecular weight is 387 g/mol. The van der Waals surface area contributed by atoms with Crippen molar-refractivity contribution < 1.29 is 0 Å². The van der Waals surface area contributed by atoms with Gasteiger partial charge in [0, 0.05) is 29.8 Å². The van der Waals surface area contributed by atoms with E-state index >= 15 is 0 Å². The van der Waals surface area contributed by atoms with E-state index in [4.69, 9.17) is 4.98 Å². The minimum absolute atomic E-state index is 0.602. The maximum atomic E-state index is 9.17. The molecule has 0 radical (unpaired) electrons. The van der Waals surface area contributed by atoms with Gasteiger partial charge in [0.25, 0.3) is 0 Å². The molecule has 0 aliphatic heterocycles. The van der Waals surface area contributed by atoms with E-state index in [2.05, 4.69) is 27.1 Å². The van der Waals surface area contributed by atoms with E-state index in [9.17, 15) is 5.26 Å². The van der Waals surface area contributed by atoms with Crippen molar-refractivity contribution in [3.63, 3.8) is 0 Å². The van der Waals surface area contributed by atoms with Crippen LogP contribution in [0.25, 0.3) is 33.5 Å². The number of hydrogen-bond acceptors (Lipinski definition) is 4. The minimum Gasteiger partial charge on any atom is -0.340 e. The number of benzene rings is 2. The van der Waals surface area contributed by atoms with Crippen LogP contribution in [0.1, 0.15) is 17.0 Å². The van der Waals surface area contributed by atoms with E-state index < -0.39 is 0 Å². The molecular formula is C25H17N5. The summed E-state index contributed by atoms with van der Waals surface area (Å²) in [6.45, 7) is 0. The second-order valence-corrected chi connectivity index (χ2v) is 7.02. The first-order valence-electron chi connectivity index (χ1n) is 9.64. The number of pyridine rings is 2. The molecule has 0 amide bonds. The van der Waals surface area contributed by atoms with Gasteiger partial charge in [0.05, 0.1) is 34.2 Å². The Kier molecular flexibility index (Phi) is 4.51. The molecule has 0 unspecified atom stereocenters. The van der Waals surface area contributed by atoms with E-state index in [0.717, 1.165) is 44.9 Å². The van der Waals surface area contributed by atoms with Gasteiger partial charge < -0.3 is 4.98 Å². The normalized spacial score (nSPS) is 10.8. The van der Waals surface area contributed by atoms with Gasteiger partial charge in [-0.2, -0.15) is 5.26 Å². The first-order valence-corrected chi connectivity index (χ1v) is 9.64. The molecule has 0 aliphatic rings. The van der Waals surface area contributed by atoms with Gasteiger partial charge in [0.1, 0.15) is 5.82 Å². The summed E-state index contributed by atoms with van der Waals surface area (Å²) >= 11 is 0. The number of imidazole rings is 1. The van der Waals surface area contributed by atoms with Crippen molar-refractivity contribution >= 4 is 10.9 Å². The Hall–Kier alpha value is -4.30. The van der Waals surface area contributed by atoms with Gasteiger partial charge in [0.15, 0.2) is 0 Å². The molecule has 142 valence electrons. The van der Waals surface area contributed by atoms with Crippen molar-refractivity contribution in [1.29, 1.82) is 5.26 Å². The molecule has 30 heavy (non-hydrogen) atoms. The molecule has 0 spiro atoms. The van der Waals surface area contributed by atoms with Crippen molar-refractivity contribution in [2.75, 3.05) is 0 Å². The number of rotatable bonds is 4. The molecule has 5 heteroatoms. The highest BCUT2D eigenvalue weighted by Gasteiger charge is 2.16. The Morgan fingerprint density at radius 2 is 1.80 bits per heavy atom. The molecule has 0 fully saturated rings. The van der Waals surface area contributed by atoms with E-state index in [1.54, 1.807) is 18.5 Å². The SMILES string of the molecule is N#Cc1cccc(Cc2nc(-c3ccc4ncccc4c3)c(-c3ccccn3)[nH]2)c1. The lowest BCUT2D eigenvalue weighted by Gasteiger charge is -2.04. The fraction of sp³-hybridized carbons (Fsp3) is 0.0400. The number of H-pyrrole nitrogens is 1. The van der Waals surface area contributed by atoms with Gasteiger partial charge in [-0.3, -0.25) is 9.97 Å². The van der Waals surface area contributed by atoms with Crippen molar-refractivity contribution in [2.45, 2.75) is 6.42 Å². The quantitative estimate of drug-likeness (QED) is 0.463. The van der Waals surface area contributed by atoms with Crippen LogP contribution < -0.4 is 0 Å². The maximum absolute atomic E-state index is 9.17. The van der Waals surface area contributed by atoms with E-state index in [0.29, 0.717) is 12.0 Å². The number of aromatic amines is 1. The zero-order valence-corrected chi connectivity index (χ0v) is 16.1. The first-order chi connectivity index (χ1) is 14.8. The van der Waals surface area contributed by atoms with Crippen LogP contribution in [0.2, 0.25) is 0 Å². The Morgan fingerprint density at radius 1 is 0.867 bits per heavy atom. The average Bonchev–Trinajstić information content (AvgIpc) is 3.23. The summed E-state index contributed by atoms with van der Waals surface area (Å²) in [6, 6.07) is 25.8. The van der Waals surface area contributed by atoms with Crippen LogP contribution in [0.15, 0.2) is 85.2 Å². The third kappa shape index (κ3) is 3.43. The van der Waals surface area contributed by atoms with Crippen LogP contribution >= 0.6 is 0 Å². The van der Waals surface area contributed by atoms with Crippen LogP contribution in [-0.2, 0) is 6.42 Å². The van der Waals surface area contributed by atoms with Crippen LogP contribution in [0.3, 0.4) is 0 Å². The molecule has 3 aromatic heterocycles. The van der Waals surface area contributed by atoms with Gasteiger partial charge in [-0.15, -0.1) is 0 Å². The lowest BCUT2D eigenvalue weighted by Crippen LogP contribution is -1.92. The molecule has 0 aliphatic carbocycles. The lowest BCUT2D eigenvalue weighted by atomic mass is 10.1. The second kappa shape index (κ2) is 7.61. The van der Waals surface area contributed by atoms with Crippen molar-refractivity contribution in [3.8, 4) is 28.7 Å². The highest BCUT2D eigenvalue weighted by Crippen LogP contribution is 2.31. The van der Waals surface area contributed by atoms with Crippen molar-refractivity contribution in [1.82, 2.24) is 19.9 Å². The fourth-order valence-corrected chi connectivity index (χ4v) is 3.58. The lowest BCUT2D eigenvalue weighted by molar-refractivity contribution is 1.03. The molecule has 3 heterocycles. The monoisotopic (exact) mass is 387 g/mol. The highest BCUT2D eigenvalue weighted by molar-refractivity contribution is 5.86. The molecule has 0 saturated heterocycles. The van der Waals surface area contributed by atoms with E-state index in [1.165, 1.54) is 0 Å². The largest absolute Gasteiger partial charge is 0.340 e. The molecule has 2 aromatic carbocycles. The molecule has 5 nitrogen and oxygen atoms in total. The second-order valence-electron chi connectivity index (χ2n) is 7.02. The summed E-state index contributed by atoms with van der Waals surface area (Å²) in [6.07, 6.45) is 4.17. The number of hydrogen-bond donors (Lipinski definition) is 1. The van der Waals surface area contributed by atoms with Gasteiger partial charge in [-0.05, 0) is 48.0 Å². The van der Waals surface area contributed by atoms with Crippen LogP contribution in [0, 0.1) is 11.3 Å². The zero-order chi connectivity index (χ0) is 20.3. The highest BCUT2D eigenvalue weighted by atomic mass is 15.0. The van der Waals surface area contributed by atoms with Crippen molar-refractivity contribution in [2.24, 2.45) is 0 Å². The molecule has 0 saturated carbocycles. The number of nitriles is 1. The maximum Gasteiger partial charge on any atom is 0.111 e. The Balaban J connectivity index is 1.62. The summed E-state index contributed by atoms with van der Waals surface area (Å²) in [5.74, 6) is 0.826. The first kappa shape index (κ1) is 17.8. The number of fused-ring (bicyclic) bond motifs is 1. The summed E-state index contributed by atoms with van der Waals surface area (Å²) in [5.41, 5.74) is 6.20. The summed E-state index contributed by atoms with van der Waals surface area (Å²) < 4.78 is 0. The van der Waals surface area contributed by atoms with Gasteiger partial charge in [-0.1, -0.05) is 30.3 Å². The minimum atomic E-state index is 0.602. The Bertz CT molecular complexity index is 1380. The van der Waals surface area contributed by atoms with Crippen LogP contribution in [-0.4, -0.2) is 19.9 Å². The molecule has 0 bridgehead atoms. The van der Waals surface area contributed by atoms with Gasteiger partial charge in [-0.25, -0.2) is 4.98 Å². The predicted molar refractivity (Wildman–Crippen MR) is 117 cm³/mol. The van der Waals surface area contributed by atoms with Crippen LogP contribution in [0.5, 0.6) is 0 Å². The Morgan fingerprint density at radius 3 is 2.67 bits per heavy atom. The number of nitrogens with zero attached hydrogens (tertiary/aromatic N) is 4. The van der Waals surface area contributed by atoms with Gasteiger partial charge in [0.2, 0.25) is 0 Å². The van der Waals surface area contributed by atoms with E-state index in [1.807, 2.05) is 60.7 Å². The van der Waals surface area contributed by atoms with Gasteiger partial charge >= 0.3 is 0 Å². The number of nitrogens with one attached hydrogen (secondary N) is 1.